The van der Waals surface area contributed by atoms with E-state index in [-0.39, 0.29) is 5.89 Å². The fraction of sp³-hybridized carbons (Fsp3) is 0.182. The summed E-state index contributed by atoms with van der Waals surface area (Å²) in [5.74, 6) is 0.828. The average Bonchev–Trinajstić information content (AvgIpc) is 3.23. The maximum Gasteiger partial charge on any atom is 0.339 e. The largest absolute Gasteiger partial charge is 0.497 e. The van der Waals surface area contributed by atoms with Crippen molar-refractivity contribution in [1.82, 2.24) is 15.2 Å². The predicted molar refractivity (Wildman–Crippen MR) is 107 cm³/mol. The van der Waals surface area contributed by atoms with Gasteiger partial charge in [0.2, 0.25) is 5.89 Å². The summed E-state index contributed by atoms with van der Waals surface area (Å²) in [6.07, 6.45) is -0.700. The van der Waals surface area contributed by atoms with E-state index in [4.69, 9.17) is 13.9 Å². The first kappa shape index (κ1) is 18.6. The third-order valence-corrected chi connectivity index (χ3v) is 4.47. The van der Waals surface area contributed by atoms with E-state index < -0.39 is 12.1 Å². The Morgan fingerprint density at radius 1 is 1.07 bits per heavy atom. The van der Waals surface area contributed by atoms with Gasteiger partial charge in [-0.25, -0.2) is 4.79 Å². The molecule has 0 spiro atoms. The second-order valence-corrected chi connectivity index (χ2v) is 6.55. The predicted octanol–water partition coefficient (Wildman–Crippen LogP) is 4.52. The molecule has 0 aliphatic heterocycles. The Morgan fingerprint density at radius 2 is 1.83 bits per heavy atom. The Kier molecular flexibility index (Phi) is 4.95. The van der Waals surface area contributed by atoms with Crippen molar-refractivity contribution in [2.24, 2.45) is 0 Å². The Hall–Kier alpha value is -3.74. The first-order valence-electron chi connectivity index (χ1n) is 9.10. The molecule has 0 radical (unpaired) electrons. The van der Waals surface area contributed by atoms with Crippen molar-refractivity contribution in [1.29, 1.82) is 0 Å². The number of pyridine rings is 1. The molecule has 0 aliphatic carbocycles. The van der Waals surface area contributed by atoms with Crippen LogP contribution in [0.15, 0.2) is 59.0 Å². The maximum absolute atomic E-state index is 12.8. The normalized spacial score (nSPS) is 12.0. The molecule has 4 aromatic rings. The second-order valence-electron chi connectivity index (χ2n) is 6.55. The SMILES string of the molecule is COc1ccc(-c2nnc([C@@H](C)OC(=O)c3cc(C)nc4ccccc34)o2)cc1. The van der Waals surface area contributed by atoms with Gasteiger partial charge in [-0.1, -0.05) is 18.2 Å². The highest BCUT2D eigenvalue weighted by Gasteiger charge is 2.21. The summed E-state index contributed by atoms with van der Waals surface area (Å²) in [5.41, 5.74) is 2.68. The van der Waals surface area contributed by atoms with Gasteiger partial charge in [0.05, 0.1) is 18.2 Å². The van der Waals surface area contributed by atoms with Crippen LogP contribution in [0.25, 0.3) is 22.4 Å². The second kappa shape index (κ2) is 7.71. The molecule has 0 aliphatic rings. The molecule has 7 heteroatoms. The van der Waals surface area contributed by atoms with Crippen LogP contribution in [0.3, 0.4) is 0 Å². The lowest BCUT2D eigenvalue weighted by Gasteiger charge is -2.11. The van der Waals surface area contributed by atoms with Gasteiger partial charge < -0.3 is 13.9 Å². The average molecular weight is 389 g/mol. The van der Waals surface area contributed by atoms with E-state index in [0.29, 0.717) is 11.5 Å². The topological polar surface area (TPSA) is 87.3 Å². The zero-order valence-corrected chi connectivity index (χ0v) is 16.2. The van der Waals surface area contributed by atoms with Gasteiger partial charge in [0.15, 0.2) is 6.10 Å². The van der Waals surface area contributed by atoms with Gasteiger partial charge >= 0.3 is 5.97 Å². The quantitative estimate of drug-likeness (QED) is 0.464. The van der Waals surface area contributed by atoms with E-state index in [1.54, 1.807) is 32.2 Å². The van der Waals surface area contributed by atoms with Gasteiger partial charge in [0.25, 0.3) is 5.89 Å². The van der Waals surface area contributed by atoms with Crippen LogP contribution < -0.4 is 4.74 Å². The number of hydrogen-bond donors (Lipinski definition) is 0. The Morgan fingerprint density at radius 3 is 2.59 bits per heavy atom. The summed E-state index contributed by atoms with van der Waals surface area (Å²) < 4.78 is 16.4. The molecular formula is C22H19N3O4. The molecular weight excluding hydrogens is 370 g/mol. The van der Waals surface area contributed by atoms with E-state index >= 15 is 0 Å². The molecule has 0 unspecified atom stereocenters. The van der Waals surface area contributed by atoms with Gasteiger partial charge in [0, 0.05) is 16.6 Å². The Balaban J connectivity index is 1.55. The van der Waals surface area contributed by atoms with Crippen molar-refractivity contribution in [3.63, 3.8) is 0 Å². The van der Waals surface area contributed by atoms with Gasteiger partial charge in [-0.3, -0.25) is 4.98 Å². The highest BCUT2D eigenvalue weighted by molar-refractivity contribution is 6.03. The molecule has 0 fully saturated rings. The van der Waals surface area contributed by atoms with E-state index in [0.717, 1.165) is 27.9 Å². The molecule has 2 heterocycles. The lowest BCUT2D eigenvalue weighted by atomic mass is 10.1. The molecule has 0 bridgehead atoms. The van der Waals surface area contributed by atoms with Gasteiger partial charge in [-0.2, -0.15) is 0 Å². The van der Waals surface area contributed by atoms with Crippen LogP contribution in [0.2, 0.25) is 0 Å². The number of aryl methyl sites for hydroxylation is 1. The van der Waals surface area contributed by atoms with E-state index in [2.05, 4.69) is 15.2 Å². The molecule has 4 rings (SSSR count). The van der Waals surface area contributed by atoms with Crippen LogP contribution in [0, 0.1) is 6.92 Å². The number of nitrogens with zero attached hydrogens (tertiary/aromatic N) is 3. The maximum atomic E-state index is 12.8. The molecule has 1 atom stereocenters. The van der Waals surface area contributed by atoms with Crippen LogP contribution >= 0.6 is 0 Å². The number of carbonyl (C=O) groups is 1. The molecule has 0 saturated carbocycles. The summed E-state index contributed by atoms with van der Waals surface area (Å²) in [4.78, 5) is 17.2. The Labute approximate surface area is 167 Å². The number of carbonyl (C=O) groups excluding carboxylic acids is 1. The van der Waals surface area contributed by atoms with Crippen molar-refractivity contribution in [3.05, 3.63) is 71.7 Å². The van der Waals surface area contributed by atoms with E-state index in [1.807, 2.05) is 43.3 Å². The summed E-state index contributed by atoms with van der Waals surface area (Å²) >= 11 is 0. The minimum atomic E-state index is -0.700. The highest BCUT2D eigenvalue weighted by atomic mass is 16.6. The van der Waals surface area contributed by atoms with Gasteiger partial charge in [-0.05, 0) is 50.2 Å². The summed E-state index contributed by atoms with van der Waals surface area (Å²) in [7, 11) is 1.60. The molecule has 146 valence electrons. The summed E-state index contributed by atoms with van der Waals surface area (Å²) in [6.45, 7) is 3.53. The molecule has 29 heavy (non-hydrogen) atoms. The number of aromatic nitrogens is 3. The summed E-state index contributed by atoms with van der Waals surface area (Å²) in [6, 6.07) is 16.4. The molecule has 2 aromatic carbocycles. The van der Waals surface area contributed by atoms with Crippen LogP contribution in [-0.2, 0) is 4.74 Å². The Bertz CT molecular complexity index is 1170. The molecule has 7 nitrogen and oxygen atoms in total. The minimum Gasteiger partial charge on any atom is -0.497 e. The van der Waals surface area contributed by atoms with Crippen molar-refractivity contribution < 1.29 is 18.7 Å². The molecule has 0 saturated heterocycles. The number of rotatable bonds is 5. The van der Waals surface area contributed by atoms with Gasteiger partial charge in [-0.15, -0.1) is 10.2 Å². The minimum absolute atomic E-state index is 0.222. The van der Waals surface area contributed by atoms with Crippen LogP contribution in [-0.4, -0.2) is 28.3 Å². The van der Waals surface area contributed by atoms with E-state index in [1.165, 1.54) is 0 Å². The number of benzene rings is 2. The lowest BCUT2D eigenvalue weighted by Crippen LogP contribution is -2.11. The highest BCUT2D eigenvalue weighted by Crippen LogP contribution is 2.26. The third kappa shape index (κ3) is 3.80. The number of methoxy groups -OCH3 is 1. The smallest absolute Gasteiger partial charge is 0.339 e. The molecule has 2 aromatic heterocycles. The third-order valence-electron chi connectivity index (χ3n) is 4.47. The van der Waals surface area contributed by atoms with Gasteiger partial charge in [0.1, 0.15) is 5.75 Å². The summed E-state index contributed by atoms with van der Waals surface area (Å²) in [5, 5.41) is 8.81. The number of para-hydroxylation sites is 1. The molecule has 0 N–H and O–H groups in total. The van der Waals surface area contributed by atoms with Crippen molar-refractivity contribution in [2.45, 2.75) is 20.0 Å². The van der Waals surface area contributed by atoms with Crippen molar-refractivity contribution >= 4 is 16.9 Å². The monoisotopic (exact) mass is 389 g/mol. The van der Waals surface area contributed by atoms with Crippen LogP contribution in [0.1, 0.15) is 35.0 Å². The number of ether oxygens (including phenoxy) is 2. The van der Waals surface area contributed by atoms with Crippen LogP contribution in [0.5, 0.6) is 5.75 Å². The first-order valence-corrected chi connectivity index (χ1v) is 9.10. The van der Waals surface area contributed by atoms with E-state index in [9.17, 15) is 4.79 Å². The number of fused-ring (bicyclic) bond motifs is 1. The fourth-order valence-corrected chi connectivity index (χ4v) is 3.00. The van der Waals surface area contributed by atoms with Crippen LogP contribution in [0.4, 0.5) is 0 Å². The zero-order chi connectivity index (χ0) is 20.4. The lowest BCUT2D eigenvalue weighted by molar-refractivity contribution is 0.0282. The molecule has 0 amide bonds. The van der Waals surface area contributed by atoms with Crippen molar-refractivity contribution in [3.8, 4) is 17.2 Å². The fourth-order valence-electron chi connectivity index (χ4n) is 3.00. The number of esters is 1. The first-order chi connectivity index (χ1) is 14.0. The zero-order valence-electron chi connectivity index (χ0n) is 16.2. The standard InChI is InChI=1S/C22H19N3O4/c1-13-12-18(17-6-4-5-7-19(17)23-13)22(26)28-14(2)20-24-25-21(29-20)15-8-10-16(27-3)11-9-15/h4-12,14H,1-3H3/t14-/m1/s1. The van der Waals surface area contributed by atoms with Crippen molar-refractivity contribution in [2.75, 3.05) is 7.11 Å². The number of hydrogen-bond acceptors (Lipinski definition) is 7.